The summed E-state index contributed by atoms with van der Waals surface area (Å²) < 4.78 is 4.28. The Bertz CT molecular complexity index is 394. The van der Waals surface area contributed by atoms with E-state index in [1.807, 2.05) is 0 Å². The molecular formula is C10H13N3S2. The van der Waals surface area contributed by atoms with Crippen LogP contribution in [0.1, 0.15) is 24.7 Å². The minimum atomic E-state index is 0.838. The highest BCUT2D eigenvalue weighted by Gasteiger charge is 2.02. The van der Waals surface area contributed by atoms with Crippen molar-refractivity contribution in [2.24, 2.45) is 0 Å². The van der Waals surface area contributed by atoms with Gasteiger partial charge in [-0.05, 0) is 28.8 Å². The summed E-state index contributed by atoms with van der Waals surface area (Å²) in [6.07, 6.45) is 2.07. The van der Waals surface area contributed by atoms with Crippen molar-refractivity contribution in [3.05, 3.63) is 28.2 Å². The molecule has 0 spiro atoms. The Hall–Kier alpha value is -0.940. The van der Waals surface area contributed by atoms with Crippen LogP contribution >= 0.6 is 22.9 Å². The van der Waals surface area contributed by atoms with E-state index in [2.05, 4.69) is 38.4 Å². The molecule has 0 aliphatic carbocycles. The molecule has 2 heterocycles. The maximum absolute atomic E-state index is 4.40. The molecule has 0 fully saturated rings. The van der Waals surface area contributed by atoms with Gasteiger partial charge in [0.05, 0.1) is 0 Å². The second-order valence-electron chi connectivity index (χ2n) is 3.25. The molecule has 0 radical (unpaired) electrons. The molecule has 0 atom stereocenters. The minimum Gasteiger partial charge on any atom is -0.356 e. The molecular weight excluding hydrogens is 226 g/mol. The predicted molar refractivity (Wildman–Crippen MR) is 65.5 cm³/mol. The van der Waals surface area contributed by atoms with Crippen molar-refractivity contribution in [1.82, 2.24) is 9.36 Å². The van der Waals surface area contributed by atoms with Crippen molar-refractivity contribution in [2.75, 3.05) is 5.32 Å². The lowest BCUT2D eigenvalue weighted by Crippen LogP contribution is -1.97. The number of hydrogen-bond donors (Lipinski definition) is 1. The van der Waals surface area contributed by atoms with Gasteiger partial charge in [-0.2, -0.15) is 15.7 Å². The van der Waals surface area contributed by atoms with E-state index in [1.165, 1.54) is 17.1 Å². The summed E-state index contributed by atoms with van der Waals surface area (Å²) in [5.74, 6) is 0.954. The number of thiophene rings is 1. The van der Waals surface area contributed by atoms with Gasteiger partial charge in [-0.25, -0.2) is 4.98 Å². The zero-order valence-corrected chi connectivity index (χ0v) is 10.2. The van der Waals surface area contributed by atoms with Gasteiger partial charge in [0.1, 0.15) is 5.82 Å². The van der Waals surface area contributed by atoms with Crippen LogP contribution < -0.4 is 5.32 Å². The van der Waals surface area contributed by atoms with Crippen LogP contribution in [0.4, 0.5) is 5.13 Å². The average Bonchev–Trinajstić information content (AvgIpc) is 2.85. The van der Waals surface area contributed by atoms with Crippen LogP contribution in [0.3, 0.4) is 0 Å². The highest BCUT2D eigenvalue weighted by Crippen LogP contribution is 2.14. The fourth-order valence-electron chi connectivity index (χ4n) is 1.22. The number of aryl methyl sites for hydroxylation is 1. The Morgan fingerprint density at radius 1 is 1.47 bits per heavy atom. The van der Waals surface area contributed by atoms with E-state index in [0.29, 0.717) is 0 Å². The van der Waals surface area contributed by atoms with Crippen molar-refractivity contribution in [3.63, 3.8) is 0 Å². The molecule has 3 nitrogen and oxygen atoms in total. The van der Waals surface area contributed by atoms with Crippen LogP contribution in [-0.4, -0.2) is 9.36 Å². The first-order valence-corrected chi connectivity index (χ1v) is 6.67. The van der Waals surface area contributed by atoms with Crippen LogP contribution in [0.5, 0.6) is 0 Å². The lowest BCUT2D eigenvalue weighted by molar-refractivity contribution is 0.861. The zero-order chi connectivity index (χ0) is 10.5. The molecule has 15 heavy (non-hydrogen) atoms. The Morgan fingerprint density at radius 3 is 3.13 bits per heavy atom. The summed E-state index contributed by atoms with van der Waals surface area (Å²) in [4.78, 5) is 4.40. The Morgan fingerprint density at radius 2 is 2.40 bits per heavy atom. The number of nitrogens with one attached hydrogen (secondary N) is 1. The second kappa shape index (κ2) is 5.23. The average molecular weight is 239 g/mol. The predicted octanol–water partition coefficient (Wildman–Crippen LogP) is 3.16. The summed E-state index contributed by atoms with van der Waals surface area (Å²) in [6.45, 7) is 2.98. The molecule has 0 aliphatic heterocycles. The molecule has 1 N–H and O–H groups in total. The monoisotopic (exact) mass is 239 g/mol. The third-order valence-corrected chi connectivity index (χ3v) is 3.41. The van der Waals surface area contributed by atoms with Crippen molar-refractivity contribution in [2.45, 2.75) is 26.3 Å². The third-order valence-electron chi connectivity index (χ3n) is 1.97. The molecule has 5 heteroatoms. The van der Waals surface area contributed by atoms with E-state index in [4.69, 9.17) is 0 Å². The lowest BCUT2D eigenvalue weighted by Gasteiger charge is -1.97. The molecule has 0 unspecified atom stereocenters. The molecule has 0 amide bonds. The third kappa shape index (κ3) is 3.00. The van der Waals surface area contributed by atoms with Gasteiger partial charge in [0.2, 0.25) is 5.13 Å². The van der Waals surface area contributed by atoms with Gasteiger partial charge in [0.15, 0.2) is 0 Å². The SMILES string of the molecule is CCCc1nsc(NCc2ccsc2)n1. The van der Waals surface area contributed by atoms with Crippen LogP contribution in [0.15, 0.2) is 16.8 Å². The Labute approximate surface area is 97.4 Å². The van der Waals surface area contributed by atoms with E-state index < -0.39 is 0 Å². The van der Waals surface area contributed by atoms with Gasteiger partial charge in [-0.15, -0.1) is 0 Å². The molecule has 80 valence electrons. The summed E-state index contributed by atoms with van der Waals surface area (Å²) in [5, 5.41) is 8.42. The summed E-state index contributed by atoms with van der Waals surface area (Å²) in [7, 11) is 0. The van der Waals surface area contributed by atoms with E-state index in [9.17, 15) is 0 Å². The van der Waals surface area contributed by atoms with Gasteiger partial charge in [0, 0.05) is 24.5 Å². The highest BCUT2D eigenvalue weighted by molar-refractivity contribution is 7.09. The number of rotatable bonds is 5. The first-order chi connectivity index (χ1) is 7.38. The van der Waals surface area contributed by atoms with Crippen LogP contribution in [-0.2, 0) is 13.0 Å². The van der Waals surface area contributed by atoms with Crippen LogP contribution in [0, 0.1) is 0 Å². The van der Waals surface area contributed by atoms with E-state index >= 15 is 0 Å². The number of anilines is 1. The number of aromatic nitrogens is 2. The van der Waals surface area contributed by atoms with Gasteiger partial charge < -0.3 is 5.32 Å². The minimum absolute atomic E-state index is 0.838. The first-order valence-electron chi connectivity index (χ1n) is 4.96. The van der Waals surface area contributed by atoms with E-state index in [-0.39, 0.29) is 0 Å². The van der Waals surface area contributed by atoms with E-state index in [1.54, 1.807) is 11.3 Å². The topological polar surface area (TPSA) is 37.8 Å². The fraction of sp³-hybridized carbons (Fsp3) is 0.400. The quantitative estimate of drug-likeness (QED) is 0.871. The number of nitrogens with zero attached hydrogens (tertiary/aromatic N) is 2. The van der Waals surface area contributed by atoms with Gasteiger partial charge in [-0.3, -0.25) is 0 Å². The maximum atomic E-state index is 4.40. The van der Waals surface area contributed by atoms with Crippen molar-refractivity contribution in [3.8, 4) is 0 Å². The Balaban J connectivity index is 1.88. The molecule has 2 aromatic heterocycles. The number of hydrogen-bond acceptors (Lipinski definition) is 5. The van der Waals surface area contributed by atoms with Crippen LogP contribution in [0.2, 0.25) is 0 Å². The summed E-state index contributed by atoms with van der Waals surface area (Å²) in [6, 6.07) is 2.12. The van der Waals surface area contributed by atoms with Crippen molar-refractivity contribution < 1.29 is 0 Å². The summed E-state index contributed by atoms with van der Waals surface area (Å²) >= 11 is 3.16. The van der Waals surface area contributed by atoms with Crippen molar-refractivity contribution >= 4 is 28.0 Å². The molecule has 2 rings (SSSR count). The smallest absolute Gasteiger partial charge is 0.202 e. The molecule has 0 saturated heterocycles. The maximum Gasteiger partial charge on any atom is 0.202 e. The van der Waals surface area contributed by atoms with Crippen molar-refractivity contribution in [1.29, 1.82) is 0 Å². The second-order valence-corrected chi connectivity index (χ2v) is 4.78. The first kappa shape index (κ1) is 10.6. The van der Waals surface area contributed by atoms with E-state index in [0.717, 1.165) is 30.3 Å². The molecule has 0 aliphatic rings. The summed E-state index contributed by atoms with van der Waals surface area (Å²) in [5.41, 5.74) is 1.30. The van der Waals surface area contributed by atoms with Gasteiger partial charge in [0.25, 0.3) is 0 Å². The van der Waals surface area contributed by atoms with Gasteiger partial charge >= 0.3 is 0 Å². The highest BCUT2D eigenvalue weighted by atomic mass is 32.1. The fourth-order valence-corrected chi connectivity index (χ4v) is 2.50. The largest absolute Gasteiger partial charge is 0.356 e. The molecule has 0 bridgehead atoms. The van der Waals surface area contributed by atoms with Gasteiger partial charge in [-0.1, -0.05) is 6.92 Å². The van der Waals surface area contributed by atoms with Crippen LogP contribution in [0.25, 0.3) is 0 Å². The normalized spacial score (nSPS) is 10.5. The Kier molecular flexibility index (Phi) is 3.69. The standard InChI is InChI=1S/C10H13N3S2/c1-2-3-9-12-10(15-13-9)11-6-8-4-5-14-7-8/h4-5,7H,2-3,6H2,1H3,(H,11,12,13). The molecule has 0 aromatic carbocycles. The lowest BCUT2D eigenvalue weighted by atomic mass is 10.3. The molecule has 2 aromatic rings. The molecule has 0 saturated carbocycles. The zero-order valence-electron chi connectivity index (χ0n) is 8.56.